The van der Waals surface area contributed by atoms with E-state index in [1.807, 2.05) is 37.4 Å². The van der Waals surface area contributed by atoms with Crippen molar-refractivity contribution in [3.05, 3.63) is 30.5 Å². The maximum absolute atomic E-state index is 12.8. The molecule has 0 spiro atoms. The first kappa shape index (κ1) is 20.9. The van der Waals surface area contributed by atoms with E-state index in [0.29, 0.717) is 24.1 Å². The number of para-hydroxylation sites is 1. The molecule has 1 aliphatic rings. The van der Waals surface area contributed by atoms with Crippen LogP contribution in [0.5, 0.6) is 0 Å². The minimum atomic E-state index is -3.05. The number of fused-ring (bicyclic) bond motifs is 1. The second-order valence-electron chi connectivity index (χ2n) is 7.41. The fraction of sp³-hybridized carbons (Fsp3) is 0.450. The number of unbranched alkanes of at least 4 members (excludes halogenated alkanes) is 1. The highest BCUT2D eigenvalue weighted by molar-refractivity contribution is 7.99. The molecule has 1 unspecified atom stereocenters. The zero-order valence-corrected chi connectivity index (χ0v) is 18.3. The summed E-state index contributed by atoms with van der Waals surface area (Å²) in [6.45, 7) is 2.62. The summed E-state index contributed by atoms with van der Waals surface area (Å²) in [5, 5.41) is 9.48. The topological polar surface area (TPSA) is 109 Å². The molecule has 0 saturated carbocycles. The molecule has 0 aliphatic carbocycles. The van der Waals surface area contributed by atoms with E-state index in [1.54, 1.807) is 4.90 Å². The Labute approximate surface area is 179 Å². The highest BCUT2D eigenvalue weighted by atomic mass is 32.2. The summed E-state index contributed by atoms with van der Waals surface area (Å²) in [6.07, 6.45) is 4.12. The maximum Gasteiger partial charge on any atom is 0.277 e. The number of sulfone groups is 1. The molecule has 1 atom stereocenters. The van der Waals surface area contributed by atoms with Crippen LogP contribution in [0.2, 0.25) is 0 Å². The maximum atomic E-state index is 12.8. The first-order chi connectivity index (χ1) is 14.5. The molecule has 2 aromatic heterocycles. The molecule has 1 aromatic carbocycles. The van der Waals surface area contributed by atoms with Gasteiger partial charge in [0, 0.05) is 29.7 Å². The summed E-state index contributed by atoms with van der Waals surface area (Å²) in [5.41, 5.74) is 1.80. The lowest BCUT2D eigenvalue weighted by Gasteiger charge is -2.28. The molecule has 160 valence electrons. The fourth-order valence-corrected chi connectivity index (χ4v) is 6.07. The Hall–Kier alpha value is -2.33. The van der Waals surface area contributed by atoms with Gasteiger partial charge in [0.25, 0.3) is 11.1 Å². The average molecular weight is 449 g/mol. The number of H-pyrrole nitrogens is 1. The van der Waals surface area contributed by atoms with Gasteiger partial charge in [-0.1, -0.05) is 43.3 Å². The fourth-order valence-electron chi connectivity index (χ4n) is 3.69. The number of hydrogen-bond donors (Lipinski definition) is 1. The Morgan fingerprint density at radius 1 is 1.33 bits per heavy atom. The van der Waals surface area contributed by atoms with Gasteiger partial charge in [0.1, 0.15) is 0 Å². The van der Waals surface area contributed by atoms with Gasteiger partial charge in [-0.25, -0.2) is 8.42 Å². The van der Waals surface area contributed by atoms with Crippen LogP contribution < -0.4 is 0 Å². The summed E-state index contributed by atoms with van der Waals surface area (Å²) >= 11 is 1.18. The van der Waals surface area contributed by atoms with E-state index in [-0.39, 0.29) is 29.2 Å². The molecule has 8 nitrogen and oxygen atoms in total. The second-order valence-corrected chi connectivity index (χ2v) is 10.6. The molecule has 1 saturated heterocycles. The number of aromatic nitrogens is 3. The zero-order chi connectivity index (χ0) is 21.1. The molecule has 4 rings (SSSR count). The van der Waals surface area contributed by atoms with Gasteiger partial charge in [0.05, 0.1) is 22.8 Å². The van der Waals surface area contributed by atoms with Gasteiger partial charge < -0.3 is 14.3 Å². The van der Waals surface area contributed by atoms with Gasteiger partial charge in [-0.05, 0) is 18.9 Å². The van der Waals surface area contributed by atoms with Gasteiger partial charge in [-0.2, -0.15) is 0 Å². The van der Waals surface area contributed by atoms with Crippen molar-refractivity contribution in [2.75, 3.05) is 23.8 Å². The van der Waals surface area contributed by atoms with Crippen LogP contribution in [0.25, 0.3) is 22.4 Å². The first-order valence-corrected chi connectivity index (χ1v) is 12.8. The van der Waals surface area contributed by atoms with Gasteiger partial charge in [0.2, 0.25) is 5.91 Å². The van der Waals surface area contributed by atoms with Crippen molar-refractivity contribution in [3.63, 3.8) is 0 Å². The quantitative estimate of drug-likeness (QED) is 0.527. The van der Waals surface area contributed by atoms with Gasteiger partial charge in [-0.3, -0.25) is 4.79 Å². The SMILES string of the molecule is CCCCN(C(=O)CSc1nnc(-c2c[nH]c3ccccc23)o1)C1CCS(=O)(=O)C1. The Bertz CT molecular complexity index is 1140. The summed E-state index contributed by atoms with van der Waals surface area (Å²) in [7, 11) is -3.05. The number of amides is 1. The van der Waals surface area contributed by atoms with Crippen LogP contribution >= 0.6 is 11.8 Å². The number of benzene rings is 1. The van der Waals surface area contributed by atoms with Gasteiger partial charge in [0.15, 0.2) is 9.84 Å². The molecule has 1 amide bonds. The lowest BCUT2D eigenvalue weighted by atomic mass is 10.2. The Morgan fingerprint density at radius 3 is 2.93 bits per heavy atom. The van der Waals surface area contributed by atoms with Crippen molar-refractivity contribution in [1.82, 2.24) is 20.1 Å². The highest BCUT2D eigenvalue weighted by Crippen LogP contribution is 2.29. The summed E-state index contributed by atoms with van der Waals surface area (Å²) in [6, 6.07) is 7.60. The molecule has 1 N–H and O–H groups in total. The molecular weight excluding hydrogens is 424 g/mol. The van der Waals surface area contributed by atoms with Crippen LogP contribution in [0.4, 0.5) is 0 Å². The van der Waals surface area contributed by atoms with Gasteiger partial charge >= 0.3 is 0 Å². The lowest BCUT2D eigenvalue weighted by molar-refractivity contribution is -0.130. The number of hydrogen-bond acceptors (Lipinski definition) is 7. The van der Waals surface area contributed by atoms with Gasteiger partial charge in [-0.15, -0.1) is 10.2 Å². The lowest BCUT2D eigenvalue weighted by Crippen LogP contribution is -2.42. The molecule has 3 aromatic rings. The first-order valence-electron chi connectivity index (χ1n) is 9.99. The highest BCUT2D eigenvalue weighted by Gasteiger charge is 2.34. The van der Waals surface area contributed by atoms with Crippen molar-refractivity contribution in [3.8, 4) is 11.5 Å². The zero-order valence-electron chi connectivity index (χ0n) is 16.7. The van der Waals surface area contributed by atoms with Crippen molar-refractivity contribution >= 4 is 38.4 Å². The molecule has 10 heteroatoms. The monoisotopic (exact) mass is 448 g/mol. The minimum absolute atomic E-state index is 0.0540. The molecular formula is C20H24N4O4S2. The number of aromatic amines is 1. The van der Waals surface area contributed by atoms with E-state index in [0.717, 1.165) is 29.3 Å². The standard InChI is InChI=1S/C20H24N4O4S2/c1-2-3-9-24(14-8-10-30(26,27)13-14)18(25)12-29-20-23-22-19(28-20)16-11-21-17-7-5-4-6-15(16)17/h4-7,11,14,21H,2-3,8-10,12-13H2,1H3. The van der Waals surface area contributed by atoms with E-state index in [9.17, 15) is 13.2 Å². The predicted octanol–water partition coefficient (Wildman–Crippen LogP) is 3.13. The third-order valence-electron chi connectivity index (χ3n) is 5.27. The van der Waals surface area contributed by atoms with E-state index >= 15 is 0 Å². The van der Waals surface area contributed by atoms with Crippen LogP contribution in [0.3, 0.4) is 0 Å². The summed E-state index contributed by atoms with van der Waals surface area (Å²) in [5.74, 6) is 0.640. The molecule has 1 fully saturated rings. The van der Waals surface area contributed by atoms with Crippen molar-refractivity contribution in [1.29, 1.82) is 0 Å². The number of rotatable bonds is 8. The Kier molecular flexibility index (Phi) is 6.14. The molecule has 30 heavy (non-hydrogen) atoms. The summed E-state index contributed by atoms with van der Waals surface area (Å²) in [4.78, 5) is 17.7. The number of thioether (sulfide) groups is 1. The third-order valence-corrected chi connectivity index (χ3v) is 7.82. The average Bonchev–Trinajstić information content (AvgIpc) is 3.44. The second kappa shape index (κ2) is 8.81. The van der Waals surface area contributed by atoms with Crippen molar-refractivity contribution in [2.24, 2.45) is 0 Å². The van der Waals surface area contributed by atoms with Crippen molar-refractivity contribution < 1.29 is 17.6 Å². The molecule has 1 aliphatic heterocycles. The normalized spacial score (nSPS) is 18.1. The molecule has 0 bridgehead atoms. The largest absolute Gasteiger partial charge is 0.411 e. The molecule has 3 heterocycles. The van der Waals surface area contributed by atoms with E-state index in [1.165, 1.54) is 11.8 Å². The Morgan fingerprint density at radius 2 is 2.17 bits per heavy atom. The number of carbonyl (C=O) groups is 1. The third kappa shape index (κ3) is 4.54. The number of carbonyl (C=O) groups excluding carboxylic acids is 1. The number of nitrogens with one attached hydrogen (secondary N) is 1. The van der Waals surface area contributed by atoms with Crippen LogP contribution in [-0.4, -0.2) is 64.3 Å². The van der Waals surface area contributed by atoms with Crippen LogP contribution in [0.1, 0.15) is 26.2 Å². The smallest absolute Gasteiger partial charge is 0.277 e. The number of nitrogens with zero attached hydrogens (tertiary/aromatic N) is 3. The van der Waals surface area contributed by atoms with E-state index in [2.05, 4.69) is 15.2 Å². The molecule has 0 radical (unpaired) electrons. The minimum Gasteiger partial charge on any atom is -0.411 e. The van der Waals surface area contributed by atoms with Crippen LogP contribution in [-0.2, 0) is 14.6 Å². The van der Waals surface area contributed by atoms with Crippen molar-refractivity contribution in [2.45, 2.75) is 37.5 Å². The predicted molar refractivity (Wildman–Crippen MR) is 116 cm³/mol. The summed E-state index contributed by atoms with van der Waals surface area (Å²) < 4.78 is 29.5. The Balaban J connectivity index is 1.42. The van der Waals surface area contributed by atoms with Crippen LogP contribution in [0.15, 0.2) is 40.1 Å². The van der Waals surface area contributed by atoms with E-state index < -0.39 is 9.84 Å². The van der Waals surface area contributed by atoms with E-state index in [4.69, 9.17) is 4.42 Å². The van der Waals surface area contributed by atoms with Crippen LogP contribution in [0, 0.1) is 0 Å².